The van der Waals surface area contributed by atoms with Gasteiger partial charge in [-0.15, -0.1) is 21.5 Å². The van der Waals surface area contributed by atoms with Crippen LogP contribution in [0.4, 0.5) is 0 Å². The Labute approximate surface area is 124 Å². The number of Topliss-reactive ketones (excluding diaryl/α,β-unsaturated/α-hetero) is 1. The van der Waals surface area contributed by atoms with Crippen molar-refractivity contribution in [1.82, 2.24) is 20.2 Å². The lowest BCUT2D eigenvalue weighted by Crippen LogP contribution is -2.06. The van der Waals surface area contributed by atoms with Crippen LogP contribution in [0.1, 0.15) is 15.9 Å². The molecular formula is C14H12N4O2S. The zero-order chi connectivity index (χ0) is 14.7. The fourth-order valence-corrected chi connectivity index (χ4v) is 2.51. The van der Waals surface area contributed by atoms with Gasteiger partial charge in [0.15, 0.2) is 5.78 Å². The smallest absolute Gasteiger partial charge is 0.214 e. The first kappa shape index (κ1) is 13.6. The van der Waals surface area contributed by atoms with Crippen molar-refractivity contribution in [3.05, 3.63) is 52.9 Å². The number of aromatic nitrogens is 4. The van der Waals surface area contributed by atoms with E-state index in [1.807, 2.05) is 29.6 Å². The largest absolute Gasteiger partial charge is 0.388 e. The molecule has 0 atom stereocenters. The first-order valence-corrected chi connectivity index (χ1v) is 7.19. The second-order valence-electron chi connectivity index (χ2n) is 4.40. The quantitative estimate of drug-likeness (QED) is 0.724. The maximum atomic E-state index is 11.3. The van der Waals surface area contributed by atoms with Crippen molar-refractivity contribution in [3.63, 3.8) is 0 Å². The van der Waals surface area contributed by atoms with E-state index in [1.54, 1.807) is 23.5 Å². The predicted molar refractivity (Wildman–Crippen MR) is 78.1 cm³/mol. The number of benzene rings is 1. The Morgan fingerprint density at radius 2 is 2.05 bits per heavy atom. The summed E-state index contributed by atoms with van der Waals surface area (Å²) in [7, 11) is 0. The Morgan fingerprint density at radius 1 is 1.24 bits per heavy atom. The van der Waals surface area contributed by atoms with Gasteiger partial charge in [0.05, 0.1) is 11.4 Å². The Bertz CT molecular complexity index is 735. The number of nitrogens with zero attached hydrogens (tertiary/aromatic N) is 4. The van der Waals surface area contributed by atoms with E-state index in [0.29, 0.717) is 17.9 Å². The third-order valence-electron chi connectivity index (χ3n) is 2.94. The summed E-state index contributed by atoms with van der Waals surface area (Å²) in [5.74, 6) is 0.317. The highest BCUT2D eigenvalue weighted by molar-refractivity contribution is 7.13. The summed E-state index contributed by atoms with van der Waals surface area (Å²) in [6, 6.07) is 10.9. The highest BCUT2D eigenvalue weighted by Crippen LogP contribution is 2.19. The van der Waals surface area contributed by atoms with Crippen LogP contribution in [0, 0.1) is 0 Å². The monoisotopic (exact) mass is 300 g/mol. The van der Waals surface area contributed by atoms with Crippen LogP contribution in [0.5, 0.6) is 0 Å². The second kappa shape index (κ2) is 5.94. The lowest BCUT2D eigenvalue weighted by molar-refractivity contribution is 0.0903. The number of carbonyl (C=O) groups excluding carboxylic acids is 1. The van der Waals surface area contributed by atoms with E-state index in [2.05, 4.69) is 15.4 Å². The molecule has 6 nitrogen and oxygen atoms in total. The number of hydrogen-bond donors (Lipinski definition) is 1. The molecule has 2 aromatic heterocycles. The Kier molecular flexibility index (Phi) is 3.85. The van der Waals surface area contributed by atoms with Crippen LogP contribution in [0.2, 0.25) is 0 Å². The van der Waals surface area contributed by atoms with Gasteiger partial charge in [-0.3, -0.25) is 4.79 Å². The van der Waals surface area contributed by atoms with Crippen molar-refractivity contribution in [1.29, 1.82) is 0 Å². The van der Waals surface area contributed by atoms with Crippen molar-refractivity contribution >= 4 is 17.1 Å². The maximum absolute atomic E-state index is 11.3. The third-order valence-corrected chi connectivity index (χ3v) is 3.80. The SMILES string of the molecule is O=C(CO)c1ccc(Cn2nnc(-c3cccs3)n2)cc1. The molecule has 0 aliphatic carbocycles. The minimum atomic E-state index is -0.478. The molecule has 0 amide bonds. The molecule has 0 spiro atoms. The van der Waals surface area contributed by atoms with E-state index in [9.17, 15) is 4.79 Å². The molecule has 0 bridgehead atoms. The minimum Gasteiger partial charge on any atom is -0.388 e. The highest BCUT2D eigenvalue weighted by atomic mass is 32.1. The Hall–Kier alpha value is -2.38. The van der Waals surface area contributed by atoms with Crippen LogP contribution < -0.4 is 0 Å². The first-order chi connectivity index (χ1) is 10.3. The van der Waals surface area contributed by atoms with Crippen LogP contribution >= 0.6 is 11.3 Å². The molecular weight excluding hydrogens is 288 g/mol. The summed E-state index contributed by atoms with van der Waals surface area (Å²) in [5, 5.41) is 23.1. The summed E-state index contributed by atoms with van der Waals surface area (Å²) in [6.45, 7) is 0.000122. The molecule has 0 radical (unpaired) electrons. The van der Waals surface area contributed by atoms with Crippen molar-refractivity contribution in [3.8, 4) is 10.7 Å². The molecule has 1 N–H and O–H groups in total. The lowest BCUT2D eigenvalue weighted by atomic mass is 10.1. The molecule has 1 aromatic carbocycles. The number of aliphatic hydroxyl groups excluding tert-OH is 1. The number of ketones is 1. The average Bonchev–Trinajstić information content (AvgIpc) is 3.18. The molecule has 0 saturated carbocycles. The Morgan fingerprint density at radius 3 is 2.71 bits per heavy atom. The highest BCUT2D eigenvalue weighted by Gasteiger charge is 2.08. The fourth-order valence-electron chi connectivity index (χ4n) is 1.87. The first-order valence-electron chi connectivity index (χ1n) is 6.31. The van der Waals surface area contributed by atoms with E-state index in [4.69, 9.17) is 5.11 Å². The van der Waals surface area contributed by atoms with Gasteiger partial charge in [-0.25, -0.2) is 0 Å². The average molecular weight is 300 g/mol. The molecule has 3 rings (SSSR count). The summed E-state index contributed by atoms with van der Waals surface area (Å²) >= 11 is 1.56. The van der Waals surface area contributed by atoms with Gasteiger partial charge in [0.25, 0.3) is 0 Å². The molecule has 3 aromatic rings. The van der Waals surface area contributed by atoms with Crippen LogP contribution in [0.25, 0.3) is 10.7 Å². The predicted octanol–water partition coefficient (Wildman–Crippen LogP) is 1.62. The minimum absolute atomic E-state index is 0.291. The Balaban J connectivity index is 1.73. The third kappa shape index (κ3) is 3.04. The molecule has 0 aliphatic heterocycles. The van der Waals surface area contributed by atoms with E-state index in [0.717, 1.165) is 10.4 Å². The van der Waals surface area contributed by atoms with E-state index >= 15 is 0 Å². The van der Waals surface area contributed by atoms with Crippen molar-refractivity contribution in [2.24, 2.45) is 0 Å². The fraction of sp³-hybridized carbons (Fsp3) is 0.143. The van der Waals surface area contributed by atoms with Crippen LogP contribution in [0.15, 0.2) is 41.8 Å². The molecule has 0 saturated heterocycles. The molecule has 106 valence electrons. The van der Waals surface area contributed by atoms with Gasteiger partial charge in [0, 0.05) is 5.56 Å². The van der Waals surface area contributed by atoms with E-state index in [1.165, 1.54) is 4.80 Å². The standard InChI is InChI=1S/C14H12N4O2S/c19-9-12(20)11-5-3-10(4-6-11)8-18-16-14(15-17-18)13-2-1-7-21-13/h1-7,19H,8-9H2. The zero-order valence-corrected chi connectivity index (χ0v) is 11.8. The van der Waals surface area contributed by atoms with Gasteiger partial charge in [-0.2, -0.15) is 4.80 Å². The number of thiophene rings is 1. The van der Waals surface area contributed by atoms with Gasteiger partial charge in [-0.1, -0.05) is 30.3 Å². The molecule has 0 fully saturated rings. The van der Waals surface area contributed by atoms with Crippen molar-refractivity contribution < 1.29 is 9.90 Å². The van der Waals surface area contributed by atoms with Crippen LogP contribution in [0.3, 0.4) is 0 Å². The summed E-state index contributed by atoms with van der Waals surface area (Å²) in [5.41, 5.74) is 1.45. The normalized spacial score (nSPS) is 10.7. The van der Waals surface area contributed by atoms with Gasteiger partial charge in [0.1, 0.15) is 6.61 Å². The molecule has 7 heteroatoms. The van der Waals surface area contributed by atoms with Gasteiger partial charge >= 0.3 is 0 Å². The van der Waals surface area contributed by atoms with Gasteiger partial charge < -0.3 is 5.11 Å². The zero-order valence-electron chi connectivity index (χ0n) is 11.0. The molecule has 2 heterocycles. The maximum Gasteiger partial charge on any atom is 0.214 e. The molecule has 0 aliphatic rings. The van der Waals surface area contributed by atoms with Gasteiger partial charge in [-0.05, 0) is 22.2 Å². The van der Waals surface area contributed by atoms with Crippen LogP contribution in [-0.2, 0) is 6.54 Å². The lowest BCUT2D eigenvalue weighted by Gasteiger charge is -2.01. The van der Waals surface area contributed by atoms with Gasteiger partial charge in [0.2, 0.25) is 5.82 Å². The van der Waals surface area contributed by atoms with E-state index in [-0.39, 0.29) is 5.78 Å². The number of carbonyl (C=O) groups is 1. The summed E-state index contributed by atoms with van der Waals surface area (Å²) in [6.07, 6.45) is 0. The van der Waals surface area contributed by atoms with Crippen molar-refractivity contribution in [2.45, 2.75) is 6.54 Å². The summed E-state index contributed by atoms with van der Waals surface area (Å²) < 4.78 is 0. The number of hydrogen-bond acceptors (Lipinski definition) is 6. The number of rotatable bonds is 5. The topological polar surface area (TPSA) is 80.9 Å². The number of aliphatic hydroxyl groups is 1. The molecule has 21 heavy (non-hydrogen) atoms. The van der Waals surface area contributed by atoms with E-state index < -0.39 is 6.61 Å². The van der Waals surface area contributed by atoms with Crippen LogP contribution in [-0.4, -0.2) is 37.7 Å². The second-order valence-corrected chi connectivity index (χ2v) is 5.35. The molecule has 0 unspecified atom stereocenters. The number of tetrazole rings is 1. The summed E-state index contributed by atoms with van der Waals surface area (Å²) in [4.78, 5) is 13.8. The van der Waals surface area contributed by atoms with Crippen molar-refractivity contribution in [2.75, 3.05) is 6.61 Å².